The Hall–Kier alpha value is -0.570. The molecule has 0 aromatic heterocycles. The van der Waals surface area contributed by atoms with Crippen LogP contribution in [0.5, 0.6) is 0 Å². The zero-order chi connectivity index (χ0) is 13.7. The molecule has 2 aliphatic rings. The first-order valence-electron chi connectivity index (χ1n) is 8.02. The van der Waals surface area contributed by atoms with Gasteiger partial charge in [0.2, 0.25) is 5.91 Å². The minimum atomic E-state index is 0.275. The summed E-state index contributed by atoms with van der Waals surface area (Å²) in [5.41, 5.74) is 0.523. The van der Waals surface area contributed by atoms with Crippen LogP contribution in [0.1, 0.15) is 58.8 Å². The van der Waals surface area contributed by atoms with Gasteiger partial charge < -0.3 is 10.6 Å². The van der Waals surface area contributed by atoms with Gasteiger partial charge in [-0.15, -0.1) is 0 Å². The summed E-state index contributed by atoms with van der Waals surface area (Å²) in [5.74, 6) is 1.59. The number of carbonyl (C=O) groups is 1. The minimum Gasteiger partial charge on any atom is -0.356 e. The zero-order valence-electron chi connectivity index (χ0n) is 12.6. The molecule has 3 nitrogen and oxygen atoms in total. The SMILES string of the molecule is CC1(C)CCC(CNC(=O)CC2CCNCC2)CC1. The average molecular weight is 266 g/mol. The van der Waals surface area contributed by atoms with Crippen LogP contribution in [0.25, 0.3) is 0 Å². The molecule has 2 rings (SSSR count). The molecule has 0 bridgehead atoms. The number of piperidine rings is 1. The number of carbonyl (C=O) groups excluding carboxylic acids is 1. The van der Waals surface area contributed by atoms with E-state index in [0.717, 1.165) is 38.9 Å². The fourth-order valence-corrected chi connectivity index (χ4v) is 3.34. The number of hydrogen-bond donors (Lipinski definition) is 2. The quantitative estimate of drug-likeness (QED) is 0.821. The lowest BCUT2D eigenvalue weighted by atomic mass is 9.73. The van der Waals surface area contributed by atoms with Crippen molar-refractivity contribution in [1.82, 2.24) is 10.6 Å². The van der Waals surface area contributed by atoms with E-state index in [1.54, 1.807) is 0 Å². The van der Waals surface area contributed by atoms with E-state index in [0.29, 0.717) is 17.3 Å². The molecule has 1 saturated carbocycles. The standard InChI is InChI=1S/C16H30N2O/c1-16(2)7-3-14(4-8-16)12-18-15(19)11-13-5-9-17-10-6-13/h13-14,17H,3-12H2,1-2H3,(H,18,19). The van der Waals surface area contributed by atoms with E-state index < -0.39 is 0 Å². The summed E-state index contributed by atoms with van der Waals surface area (Å²) in [7, 11) is 0. The lowest BCUT2D eigenvalue weighted by Crippen LogP contribution is -2.35. The van der Waals surface area contributed by atoms with Crippen molar-refractivity contribution in [1.29, 1.82) is 0 Å². The predicted molar refractivity (Wildman–Crippen MR) is 79.0 cm³/mol. The summed E-state index contributed by atoms with van der Waals surface area (Å²) in [4.78, 5) is 11.9. The molecule has 1 amide bonds. The monoisotopic (exact) mass is 266 g/mol. The second-order valence-corrected chi connectivity index (χ2v) is 7.31. The fourth-order valence-electron chi connectivity index (χ4n) is 3.34. The molecule has 0 aromatic carbocycles. The molecule has 2 fully saturated rings. The smallest absolute Gasteiger partial charge is 0.220 e. The van der Waals surface area contributed by atoms with Gasteiger partial charge in [-0.3, -0.25) is 4.79 Å². The van der Waals surface area contributed by atoms with Gasteiger partial charge in [-0.2, -0.15) is 0 Å². The lowest BCUT2D eigenvalue weighted by Gasteiger charge is -2.34. The average Bonchev–Trinajstić information content (AvgIpc) is 2.39. The molecule has 1 aliphatic carbocycles. The fraction of sp³-hybridized carbons (Fsp3) is 0.938. The molecular weight excluding hydrogens is 236 g/mol. The van der Waals surface area contributed by atoms with Crippen molar-refractivity contribution in [2.45, 2.75) is 58.8 Å². The highest BCUT2D eigenvalue weighted by molar-refractivity contribution is 5.76. The van der Waals surface area contributed by atoms with Crippen LogP contribution in [0.4, 0.5) is 0 Å². The highest BCUT2D eigenvalue weighted by Gasteiger charge is 2.27. The van der Waals surface area contributed by atoms with Gasteiger partial charge in [0.05, 0.1) is 0 Å². The molecule has 1 saturated heterocycles. The van der Waals surface area contributed by atoms with Crippen molar-refractivity contribution >= 4 is 5.91 Å². The molecule has 0 spiro atoms. The minimum absolute atomic E-state index is 0.275. The van der Waals surface area contributed by atoms with Crippen LogP contribution in [0.3, 0.4) is 0 Å². The first-order valence-corrected chi connectivity index (χ1v) is 8.02. The van der Waals surface area contributed by atoms with Gasteiger partial charge in [0.1, 0.15) is 0 Å². The third kappa shape index (κ3) is 5.13. The van der Waals surface area contributed by atoms with E-state index in [2.05, 4.69) is 24.5 Å². The largest absolute Gasteiger partial charge is 0.356 e. The Balaban J connectivity index is 1.61. The number of rotatable bonds is 4. The van der Waals surface area contributed by atoms with E-state index >= 15 is 0 Å². The topological polar surface area (TPSA) is 41.1 Å². The van der Waals surface area contributed by atoms with Crippen molar-refractivity contribution in [2.75, 3.05) is 19.6 Å². The van der Waals surface area contributed by atoms with E-state index in [4.69, 9.17) is 0 Å². The molecule has 0 atom stereocenters. The first-order chi connectivity index (χ1) is 9.05. The molecular formula is C16H30N2O. The summed E-state index contributed by atoms with van der Waals surface area (Å²) < 4.78 is 0. The van der Waals surface area contributed by atoms with Gasteiger partial charge >= 0.3 is 0 Å². The molecule has 3 heteroatoms. The predicted octanol–water partition coefficient (Wildman–Crippen LogP) is 2.71. The second-order valence-electron chi connectivity index (χ2n) is 7.31. The van der Waals surface area contributed by atoms with Gasteiger partial charge in [0.15, 0.2) is 0 Å². The Kier molecular flexibility index (Phi) is 5.26. The van der Waals surface area contributed by atoms with Gasteiger partial charge in [-0.1, -0.05) is 13.8 Å². The van der Waals surface area contributed by atoms with Gasteiger partial charge in [0.25, 0.3) is 0 Å². The Morgan fingerprint density at radius 1 is 1.11 bits per heavy atom. The van der Waals surface area contributed by atoms with E-state index in [9.17, 15) is 4.79 Å². The van der Waals surface area contributed by atoms with Crippen LogP contribution in [-0.4, -0.2) is 25.5 Å². The van der Waals surface area contributed by atoms with Crippen LogP contribution in [0, 0.1) is 17.3 Å². The number of amides is 1. The molecule has 1 heterocycles. The van der Waals surface area contributed by atoms with E-state index in [1.165, 1.54) is 25.7 Å². The van der Waals surface area contributed by atoms with Crippen LogP contribution in [-0.2, 0) is 4.79 Å². The van der Waals surface area contributed by atoms with Crippen molar-refractivity contribution in [3.63, 3.8) is 0 Å². The molecule has 0 radical (unpaired) electrons. The summed E-state index contributed by atoms with van der Waals surface area (Å²) in [6.07, 6.45) is 8.22. The zero-order valence-corrected chi connectivity index (χ0v) is 12.6. The van der Waals surface area contributed by atoms with Crippen LogP contribution in [0.2, 0.25) is 0 Å². The Morgan fingerprint density at radius 2 is 1.74 bits per heavy atom. The highest BCUT2D eigenvalue weighted by atomic mass is 16.1. The molecule has 0 unspecified atom stereocenters. The Labute approximate surface area is 117 Å². The summed E-state index contributed by atoms with van der Waals surface area (Å²) in [5, 5.41) is 6.52. The van der Waals surface area contributed by atoms with Crippen molar-refractivity contribution in [2.24, 2.45) is 17.3 Å². The van der Waals surface area contributed by atoms with Crippen molar-refractivity contribution in [3.8, 4) is 0 Å². The van der Waals surface area contributed by atoms with Gasteiger partial charge in [0, 0.05) is 13.0 Å². The number of hydrogen-bond acceptors (Lipinski definition) is 2. The Bertz CT molecular complexity index is 285. The molecule has 1 aliphatic heterocycles. The van der Waals surface area contributed by atoms with Crippen LogP contribution in [0.15, 0.2) is 0 Å². The molecule has 110 valence electrons. The van der Waals surface area contributed by atoms with Gasteiger partial charge in [-0.05, 0) is 68.9 Å². The summed E-state index contributed by atoms with van der Waals surface area (Å²) in [6.45, 7) is 7.78. The Morgan fingerprint density at radius 3 is 2.37 bits per heavy atom. The van der Waals surface area contributed by atoms with Crippen LogP contribution < -0.4 is 10.6 Å². The summed E-state index contributed by atoms with van der Waals surface area (Å²) >= 11 is 0. The normalized spacial score (nSPS) is 25.2. The van der Waals surface area contributed by atoms with E-state index in [-0.39, 0.29) is 5.91 Å². The van der Waals surface area contributed by atoms with Crippen molar-refractivity contribution < 1.29 is 4.79 Å². The maximum atomic E-state index is 11.9. The molecule has 2 N–H and O–H groups in total. The van der Waals surface area contributed by atoms with E-state index in [1.807, 2.05) is 0 Å². The maximum Gasteiger partial charge on any atom is 0.220 e. The van der Waals surface area contributed by atoms with Crippen molar-refractivity contribution in [3.05, 3.63) is 0 Å². The second kappa shape index (κ2) is 6.74. The maximum absolute atomic E-state index is 11.9. The lowest BCUT2D eigenvalue weighted by molar-refractivity contribution is -0.122. The molecule has 0 aromatic rings. The highest BCUT2D eigenvalue weighted by Crippen LogP contribution is 2.37. The van der Waals surface area contributed by atoms with Gasteiger partial charge in [-0.25, -0.2) is 0 Å². The molecule has 19 heavy (non-hydrogen) atoms. The first kappa shape index (κ1) is 14.8. The number of nitrogens with one attached hydrogen (secondary N) is 2. The third-order valence-corrected chi connectivity index (χ3v) is 4.98. The third-order valence-electron chi connectivity index (χ3n) is 4.98. The van der Waals surface area contributed by atoms with Crippen LogP contribution >= 0.6 is 0 Å². The summed E-state index contributed by atoms with van der Waals surface area (Å²) in [6, 6.07) is 0.